The Hall–Kier alpha value is -1.56. The minimum absolute atomic E-state index is 0.0217. The van der Waals surface area contributed by atoms with Gasteiger partial charge in [0.15, 0.2) is 6.04 Å². The highest BCUT2D eigenvalue weighted by molar-refractivity contribution is 9.10. The molecule has 1 aromatic rings. The van der Waals surface area contributed by atoms with Crippen molar-refractivity contribution in [3.63, 3.8) is 0 Å². The van der Waals surface area contributed by atoms with Gasteiger partial charge in [0, 0.05) is 11.4 Å². The van der Waals surface area contributed by atoms with Gasteiger partial charge in [-0.3, -0.25) is 4.79 Å². The number of hydrogen-bond acceptors (Lipinski definition) is 4. The molecule has 0 spiro atoms. The number of hydrogen-bond donors (Lipinski definition) is 1. The Labute approximate surface area is 114 Å². The highest BCUT2D eigenvalue weighted by atomic mass is 79.9. The molecule has 0 saturated carbocycles. The Kier molecular flexibility index (Phi) is 5.64. The van der Waals surface area contributed by atoms with Crippen molar-refractivity contribution in [3.8, 4) is 5.75 Å². The molecule has 0 aliphatic heterocycles. The fourth-order valence-electron chi connectivity index (χ4n) is 1.27. The number of carbonyl (C=O) groups is 2. The van der Waals surface area contributed by atoms with Crippen LogP contribution in [0.25, 0.3) is 0 Å². The van der Waals surface area contributed by atoms with Crippen molar-refractivity contribution >= 4 is 27.8 Å². The van der Waals surface area contributed by atoms with E-state index in [-0.39, 0.29) is 12.5 Å². The summed E-state index contributed by atoms with van der Waals surface area (Å²) in [6, 6.07) is 6.34. The van der Waals surface area contributed by atoms with Crippen LogP contribution in [0.3, 0.4) is 0 Å². The predicted octanol–water partition coefficient (Wildman–Crippen LogP) is 1.51. The molecule has 0 heterocycles. The molecule has 1 amide bonds. The lowest BCUT2D eigenvalue weighted by Crippen LogP contribution is -2.44. The second kappa shape index (κ2) is 7.00. The van der Waals surface area contributed by atoms with Gasteiger partial charge in [-0.15, -0.1) is 0 Å². The number of amides is 1. The average Bonchev–Trinajstić information content (AvgIpc) is 2.35. The molecule has 1 unspecified atom stereocenters. The normalized spacial score (nSPS) is 11.5. The number of benzene rings is 1. The summed E-state index contributed by atoms with van der Waals surface area (Å²) in [5, 5.41) is 2.46. The summed E-state index contributed by atoms with van der Waals surface area (Å²) in [4.78, 5) is 22.3. The molecule has 6 heteroatoms. The summed E-state index contributed by atoms with van der Waals surface area (Å²) in [7, 11) is 1.26. The van der Waals surface area contributed by atoms with E-state index in [0.717, 1.165) is 4.47 Å². The van der Waals surface area contributed by atoms with Crippen LogP contribution in [0.1, 0.15) is 6.92 Å². The Morgan fingerprint density at radius 2 is 1.94 bits per heavy atom. The maximum absolute atomic E-state index is 11.4. The van der Waals surface area contributed by atoms with E-state index in [1.807, 2.05) is 12.1 Å². The van der Waals surface area contributed by atoms with E-state index in [2.05, 4.69) is 26.0 Å². The minimum Gasteiger partial charge on any atom is -0.491 e. The summed E-state index contributed by atoms with van der Waals surface area (Å²) in [5.74, 6) is -0.246. The lowest BCUT2D eigenvalue weighted by atomic mass is 10.3. The summed E-state index contributed by atoms with van der Waals surface area (Å²) in [6.07, 6.45) is 0. The minimum atomic E-state index is -0.809. The van der Waals surface area contributed by atoms with Crippen LogP contribution >= 0.6 is 15.9 Å². The molecule has 0 aliphatic rings. The van der Waals surface area contributed by atoms with Crippen molar-refractivity contribution < 1.29 is 19.1 Å². The molecule has 0 bridgehead atoms. The van der Waals surface area contributed by atoms with Gasteiger partial charge in [-0.1, -0.05) is 15.9 Å². The maximum Gasteiger partial charge on any atom is 0.331 e. The maximum atomic E-state index is 11.4. The molecule has 1 aromatic carbocycles. The SMILES string of the molecule is COC(=O)C(COc1ccc(Br)cc1)NC(C)=O. The zero-order valence-electron chi connectivity index (χ0n) is 10.1. The van der Waals surface area contributed by atoms with Gasteiger partial charge in [0.25, 0.3) is 0 Å². The highest BCUT2D eigenvalue weighted by Crippen LogP contribution is 2.16. The first kappa shape index (κ1) is 14.5. The van der Waals surface area contributed by atoms with Crippen LogP contribution in [0.4, 0.5) is 0 Å². The number of carbonyl (C=O) groups excluding carboxylic acids is 2. The Morgan fingerprint density at radius 3 is 2.44 bits per heavy atom. The third kappa shape index (κ3) is 4.75. The van der Waals surface area contributed by atoms with Crippen molar-refractivity contribution in [2.24, 2.45) is 0 Å². The first-order valence-corrected chi connectivity index (χ1v) is 6.05. The van der Waals surface area contributed by atoms with E-state index in [1.54, 1.807) is 12.1 Å². The van der Waals surface area contributed by atoms with E-state index in [0.29, 0.717) is 5.75 Å². The van der Waals surface area contributed by atoms with Crippen LogP contribution in [0, 0.1) is 0 Å². The molecular weight excluding hydrogens is 302 g/mol. The fourth-order valence-corrected chi connectivity index (χ4v) is 1.53. The Morgan fingerprint density at radius 1 is 1.33 bits per heavy atom. The van der Waals surface area contributed by atoms with E-state index in [1.165, 1.54) is 14.0 Å². The van der Waals surface area contributed by atoms with Gasteiger partial charge in [-0.2, -0.15) is 0 Å². The molecule has 5 nitrogen and oxygen atoms in total. The Bertz CT molecular complexity index is 419. The third-order valence-electron chi connectivity index (χ3n) is 2.09. The molecule has 98 valence electrons. The molecule has 0 aromatic heterocycles. The van der Waals surface area contributed by atoms with Crippen LogP contribution in [0.2, 0.25) is 0 Å². The van der Waals surface area contributed by atoms with Gasteiger partial charge < -0.3 is 14.8 Å². The number of esters is 1. The van der Waals surface area contributed by atoms with Crippen molar-refractivity contribution in [1.29, 1.82) is 0 Å². The molecule has 18 heavy (non-hydrogen) atoms. The third-order valence-corrected chi connectivity index (χ3v) is 2.62. The van der Waals surface area contributed by atoms with E-state index >= 15 is 0 Å². The molecular formula is C12H14BrNO4. The van der Waals surface area contributed by atoms with Gasteiger partial charge in [-0.25, -0.2) is 4.79 Å². The molecule has 1 atom stereocenters. The second-order valence-electron chi connectivity index (χ2n) is 3.54. The zero-order chi connectivity index (χ0) is 13.5. The van der Waals surface area contributed by atoms with Gasteiger partial charge in [-0.05, 0) is 24.3 Å². The fraction of sp³-hybridized carbons (Fsp3) is 0.333. The average molecular weight is 316 g/mol. The van der Waals surface area contributed by atoms with Gasteiger partial charge in [0.05, 0.1) is 7.11 Å². The van der Waals surface area contributed by atoms with Crippen LogP contribution in [-0.2, 0) is 14.3 Å². The monoisotopic (exact) mass is 315 g/mol. The predicted molar refractivity (Wildman–Crippen MR) is 69.3 cm³/mol. The number of methoxy groups -OCH3 is 1. The largest absolute Gasteiger partial charge is 0.491 e. The summed E-state index contributed by atoms with van der Waals surface area (Å²) in [5.41, 5.74) is 0. The highest BCUT2D eigenvalue weighted by Gasteiger charge is 2.20. The molecule has 0 fully saturated rings. The molecule has 0 aliphatic carbocycles. The molecule has 0 radical (unpaired) electrons. The first-order valence-electron chi connectivity index (χ1n) is 5.26. The number of ether oxygens (including phenoxy) is 2. The first-order chi connectivity index (χ1) is 8.52. The van der Waals surface area contributed by atoms with Gasteiger partial charge in [0.2, 0.25) is 5.91 Å². The number of nitrogens with one attached hydrogen (secondary N) is 1. The number of halogens is 1. The molecule has 1 N–H and O–H groups in total. The van der Waals surface area contributed by atoms with Gasteiger partial charge in [0.1, 0.15) is 12.4 Å². The zero-order valence-corrected chi connectivity index (χ0v) is 11.7. The van der Waals surface area contributed by atoms with E-state index < -0.39 is 12.0 Å². The number of rotatable bonds is 5. The quantitative estimate of drug-likeness (QED) is 0.836. The van der Waals surface area contributed by atoms with Gasteiger partial charge >= 0.3 is 5.97 Å². The van der Waals surface area contributed by atoms with Crippen molar-refractivity contribution in [1.82, 2.24) is 5.32 Å². The van der Waals surface area contributed by atoms with E-state index in [4.69, 9.17) is 4.74 Å². The van der Waals surface area contributed by atoms with Crippen LogP contribution in [-0.4, -0.2) is 31.6 Å². The Balaban J connectivity index is 2.58. The lowest BCUT2D eigenvalue weighted by Gasteiger charge is -2.16. The summed E-state index contributed by atoms with van der Waals surface area (Å²) >= 11 is 3.31. The van der Waals surface area contributed by atoms with Crippen molar-refractivity contribution in [2.75, 3.05) is 13.7 Å². The van der Waals surface area contributed by atoms with Crippen LogP contribution < -0.4 is 10.1 Å². The van der Waals surface area contributed by atoms with E-state index in [9.17, 15) is 9.59 Å². The lowest BCUT2D eigenvalue weighted by molar-refractivity contribution is -0.145. The standard InChI is InChI=1S/C12H14BrNO4/c1-8(15)14-11(12(16)17-2)7-18-10-5-3-9(13)4-6-10/h3-6,11H,7H2,1-2H3,(H,14,15). The van der Waals surface area contributed by atoms with Crippen molar-refractivity contribution in [3.05, 3.63) is 28.7 Å². The topological polar surface area (TPSA) is 64.6 Å². The molecule has 0 saturated heterocycles. The smallest absolute Gasteiger partial charge is 0.331 e. The van der Waals surface area contributed by atoms with Crippen LogP contribution in [0.15, 0.2) is 28.7 Å². The summed E-state index contributed by atoms with van der Waals surface area (Å²) < 4.78 is 10.9. The second-order valence-corrected chi connectivity index (χ2v) is 4.46. The summed E-state index contributed by atoms with van der Waals surface area (Å²) in [6.45, 7) is 1.35. The van der Waals surface area contributed by atoms with Crippen molar-refractivity contribution in [2.45, 2.75) is 13.0 Å². The van der Waals surface area contributed by atoms with Crippen LogP contribution in [0.5, 0.6) is 5.75 Å². The molecule has 1 rings (SSSR count).